The van der Waals surface area contributed by atoms with Crippen molar-refractivity contribution in [1.29, 1.82) is 0 Å². The summed E-state index contributed by atoms with van der Waals surface area (Å²) in [6, 6.07) is 10.6. The highest BCUT2D eigenvalue weighted by atomic mass is 16.5. The van der Waals surface area contributed by atoms with E-state index in [-0.39, 0.29) is 23.3 Å². The van der Waals surface area contributed by atoms with Crippen LogP contribution in [0.1, 0.15) is 38.7 Å². The molecule has 0 aliphatic heterocycles. The number of carbonyl (C=O) groups is 1. The summed E-state index contributed by atoms with van der Waals surface area (Å²) >= 11 is 0. The summed E-state index contributed by atoms with van der Waals surface area (Å²) in [6.45, 7) is 4.47. The van der Waals surface area contributed by atoms with Gasteiger partial charge in [0.15, 0.2) is 0 Å². The van der Waals surface area contributed by atoms with Crippen molar-refractivity contribution in [1.82, 2.24) is 0 Å². The van der Waals surface area contributed by atoms with Crippen LogP contribution in [-0.2, 0) is 14.9 Å². The fraction of sp³-hybridized carbons (Fsp3) is 0.588. The molecule has 0 heterocycles. The average Bonchev–Trinajstić information content (AvgIpc) is 2.37. The predicted octanol–water partition coefficient (Wildman–Crippen LogP) is 2.88. The lowest BCUT2D eigenvalue weighted by Crippen LogP contribution is -2.45. The topological polar surface area (TPSA) is 52.3 Å². The Labute approximate surface area is 121 Å². The summed E-state index contributed by atoms with van der Waals surface area (Å²) in [5.74, 6) is 0.425. The Morgan fingerprint density at radius 2 is 1.95 bits per heavy atom. The van der Waals surface area contributed by atoms with Crippen LogP contribution in [-0.4, -0.2) is 19.1 Å². The smallest absolute Gasteiger partial charge is 0.308 e. The van der Waals surface area contributed by atoms with Gasteiger partial charge in [-0.25, -0.2) is 0 Å². The highest BCUT2D eigenvalue weighted by Crippen LogP contribution is 2.40. The number of carbonyl (C=O) groups excluding carboxylic acids is 1. The van der Waals surface area contributed by atoms with Crippen molar-refractivity contribution in [2.45, 2.75) is 44.6 Å². The van der Waals surface area contributed by atoms with Crippen LogP contribution < -0.4 is 5.73 Å². The lowest BCUT2D eigenvalue weighted by atomic mass is 9.67. The van der Waals surface area contributed by atoms with Gasteiger partial charge in [-0.1, -0.05) is 44.2 Å². The van der Waals surface area contributed by atoms with E-state index in [1.54, 1.807) is 0 Å². The van der Waals surface area contributed by atoms with Crippen LogP contribution in [0, 0.1) is 11.8 Å². The van der Waals surface area contributed by atoms with E-state index in [0.717, 1.165) is 19.3 Å². The molecule has 0 saturated heterocycles. The zero-order chi connectivity index (χ0) is 14.8. The maximum atomic E-state index is 11.4. The first-order valence-corrected chi connectivity index (χ1v) is 7.33. The van der Waals surface area contributed by atoms with Crippen LogP contribution in [0.5, 0.6) is 0 Å². The molecule has 1 aromatic carbocycles. The molecular weight excluding hydrogens is 250 g/mol. The van der Waals surface area contributed by atoms with Crippen molar-refractivity contribution in [3.05, 3.63) is 35.9 Å². The largest absolute Gasteiger partial charge is 0.469 e. The third kappa shape index (κ3) is 3.21. The molecule has 0 amide bonds. The number of methoxy groups -OCH3 is 1. The summed E-state index contributed by atoms with van der Waals surface area (Å²) < 4.78 is 4.77. The number of ether oxygens (including phenoxy) is 1. The summed E-state index contributed by atoms with van der Waals surface area (Å²) in [4.78, 5) is 11.4. The predicted molar refractivity (Wildman–Crippen MR) is 80.3 cm³/mol. The van der Waals surface area contributed by atoms with Gasteiger partial charge in [-0.15, -0.1) is 0 Å². The molecule has 1 aliphatic carbocycles. The van der Waals surface area contributed by atoms with E-state index >= 15 is 0 Å². The molecule has 2 rings (SSSR count). The first-order chi connectivity index (χ1) is 9.44. The summed E-state index contributed by atoms with van der Waals surface area (Å²) in [5, 5.41) is 0. The highest BCUT2D eigenvalue weighted by molar-refractivity contribution is 5.73. The van der Waals surface area contributed by atoms with Crippen LogP contribution in [0.25, 0.3) is 0 Å². The van der Waals surface area contributed by atoms with Crippen molar-refractivity contribution in [2.24, 2.45) is 17.6 Å². The Balaban J connectivity index is 1.89. The van der Waals surface area contributed by atoms with Crippen molar-refractivity contribution >= 4 is 5.97 Å². The molecule has 0 spiro atoms. The van der Waals surface area contributed by atoms with E-state index in [2.05, 4.69) is 38.1 Å². The van der Waals surface area contributed by atoms with Crippen molar-refractivity contribution in [2.75, 3.05) is 7.11 Å². The van der Waals surface area contributed by atoms with Gasteiger partial charge >= 0.3 is 5.97 Å². The minimum Gasteiger partial charge on any atom is -0.469 e. The van der Waals surface area contributed by atoms with Crippen LogP contribution in [0.3, 0.4) is 0 Å². The van der Waals surface area contributed by atoms with Crippen LogP contribution >= 0.6 is 0 Å². The van der Waals surface area contributed by atoms with Gasteiger partial charge in [-0.05, 0) is 36.2 Å². The molecule has 1 aromatic rings. The monoisotopic (exact) mass is 275 g/mol. The summed E-state index contributed by atoms with van der Waals surface area (Å²) in [5.41, 5.74) is 7.74. The number of hydrogen-bond acceptors (Lipinski definition) is 3. The molecule has 20 heavy (non-hydrogen) atoms. The normalized spacial score (nSPS) is 23.8. The minimum atomic E-state index is -0.0873. The number of esters is 1. The maximum Gasteiger partial charge on any atom is 0.308 e. The van der Waals surface area contributed by atoms with E-state index in [0.29, 0.717) is 5.92 Å². The van der Waals surface area contributed by atoms with E-state index in [1.165, 1.54) is 12.7 Å². The lowest BCUT2D eigenvalue weighted by Gasteiger charge is -2.40. The third-order valence-corrected chi connectivity index (χ3v) is 4.62. The Bertz CT molecular complexity index is 449. The van der Waals surface area contributed by atoms with E-state index in [4.69, 9.17) is 10.5 Å². The van der Waals surface area contributed by atoms with Gasteiger partial charge in [0.25, 0.3) is 0 Å². The van der Waals surface area contributed by atoms with Crippen molar-refractivity contribution in [3.63, 3.8) is 0 Å². The molecule has 0 bridgehead atoms. The molecular formula is C17H25NO2. The number of hydrogen-bond donors (Lipinski definition) is 1. The number of benzene rings is 1. The molecule has 1 fully saturated rings. The van der Waals surface area contributed by atoms with Gasteiger partial charge in [0.1, 0.15) is 0 Å². The molecule has 3 heteroatoms. The second kappa shape index (κ2) is 5.96. The Morgan fingerprint density at radius 3 is 2.50 bits per heavy atom. The lowest BCUT2D eigenvalue weighted by molar-refractivity contribution is -0.150. The Morgan fingerprint density at radius 1 is 1.35 bits per heavy atom. The second-order valence-corrected chi connectivity index (χ2v) is 6.57. The van der Waals surface area contributed by atoms with Crippen molar-refractivity contribution in [3.8, 4) is 0 Å². The zero-order valence-electron chi connectivity index (χ0n) is 12.6. The van der Waals surface area contributed by atoms with Gasteiger partial charge in [-0.2, -0.15) is 0 Å². The SMILES string of the molecule is COC(=O)C1CC(C(N)CC(C)(C)c2ccccc2)C1. The number of nitrogens with two attached hydrogens (primary N) is 1. The van der Waals surface area contributed by atoms with E-state index in [9.17, 15) is 4.79 Å². The molecule has 2 N–H and O–H groups in total. The minimum absolute atomic E-state index is 0.0656. The standard InChI is InChI=1S/C17H25NO2/c1-17(2,14-7-5-4-6-8-14)11-15(18)12-9-13(10-12)16(19)20-3/h4-8,12-13,15H,9-11,18H2,1-3H3. The fourth-order valence-corrected chi connectivity index (χ4v) is 3.13. The third-order valence-electron chi connectivity index (χ3n) is 4.62. The van der Waals surface area contributed by atoms with Gasteiger partial charge in [0.05, 0.1) is 13.0 Å². The maximum absolute atomic E-state index is 11.4. The second-order valence-electron chi connectivity index (χ2n) is 6.57. The Hall–Kier alpha value is -1.35. The first-order valence-electron chi connectivity index (χ1n) is 7.33. The molecule has 1 saturated carbocycles. The van der Waals surface area contributed by atoms with Gasteiger partial charge in [-0.3, -0.25) is 4.79 Å². The highest BCUT2D eigenvalue weighted by Gasteiger charge is 2.40. The fourth-order valence-electron chi connectivity index (χ4n) is 3.13. The van der Waals surface area contributed by atoms with E-state index in [1.807, 2.05) is 6.07 Å². The zero-order valence-corrected chi connectivity index (χ0v) is 12.6. The average molecular weight is 275 g/mol. The molecule has 0 aromatic heterocycles. The quantitative estimate of drug-likeness (QED) is 0.841. The molecule has 1 atom stereocenters. The molecule has 0 radical (unpaired) electrons. The van der Waals surface area contributed by atoms with Gasteiger partial charge < -0.3 is 10.5 Å². The van der Waals surface area contributed by atoms with Crippen LogP contribution in [0.2, 0.25) is 0 Å². The number of rotatable bonds is 5. The Kier molecular flexibility index (Phi) is 4.48. The molecule has 1 unspecified atom stereocenters. The summed E-state index contributed by atoms with van der Waals surface area (Å²) in [7, 11) is 1.45. The van der Waals surface area contributed by atoms with Gasteiger partial charge in [0, 0.05) is 6.04 Å². The molecule has 1 aliphatic rings. The van der Waals surface area contributed by atoms with E-state index < -0.39 is 0 Å². The molecule has 3 nitrogen and oxygen atoms in total. The molecule has 110 valence electrons. The van der Waals surface area contributed by atoms with Crippen molar-refractivity contribution < 1.29 is 9.53 Å². The van der Waals surface area contributed by atoms with Crippen LogP contribution in [0.4, 0.5) is 0 Å². The van der Waals surface area contributed by atoms with Gasteiger partial charge in [0.2, 0.25) is 0 Å². The van der Waals surface area contributed by atoms with Crippen LogP contribution in [0.15, 0.2) is 30.3 Å². The first kappa shape index (κ1) is 15.0. The summed E-state index contributed by atoms with van der Waals surface area (Å²) in [6.07, 6.45) is 2.69.